The number of hydrogen-bond donors (Lipinski definition) is 0. The zero-order valence-electron chi connectivity index (χ0n) is 16.0. The fraction of sp³-hybridized carbons (Fsp3) is 0.200. The average molecular weight is 467 g/mol. The molecule has 0 bridgehead atoms. The summed E-state index contributed by atoms with van der Waals surface area (Å²) < 4.78 is 12.0. The van der Waals surface area contributed by atoms with Gasteiger partial charge in [0.05, 0.1) is 40.1 Å². The summed E-state index contributed by atoms with van der Waals surface area (Å²) in [6.45, 7) is 1.81. The van der Waals surface area contributed by atoms with Crippen LogP contribution in [0.25, 0.3) is 10.2 Å². The summed E-state index contributed by atoms with van der Waals surface area (Å²) in [6.07, 6.45) is 0. The second-order valence-electron chi connectivity index (χ2n) is 5.99. The number of carbonyl (C=O) groups is 3. The first-order valence-electron chi connectivity index (χ1n) is 8.75. The first-order chi connectivity index (χ1) is 14.3. The normalized spacial score (nSPS) is 11.5. The molecule has 0 spiro atoms. The van der Waals surface area contributed by atoms with Crippen molar-refractivity contribution in [2.75, 3.05) is 13.7 Å². The summed E-state index contributed by atoms with van der Waals surface area (Å²) in [5.41, 5.74) is 1.15. The van der Waals surface area contributed by atoms with Crippen LogP contribution in [-0.4, -0.2) is 36.1 Å². The summed E-state index contributed by atoms with van der Waals surface area (Å²) >= 11 is 13.1. The molecule has 0 aliphatic heterocycles. The van der Waals surface area contributed by atoms with E-state index in [9.17, 15) is 14.4 Å². The fourth-order valence-corrected chi connectivity index (χ4v) is 4.21. The largest absolute Gasteiger partial charge is 0.468 e. The van der Waals surface area contributed by atoms with Crippen molar-refractivity contribution in [1.82, 2.24) is 4.57 Å². The van der Waals surface area contributed by atoms with Gasteiger partial charge >= 0.3 is 11.9 Å². The molecule has 0 atom stereocenters. The number of nitrogens with zero attached hydrogens (tertiary/aromatic N) is 2. The number of benzene rings is 2. The Hall–Kier alpha value is -2.68. The molecule has 0 aliphatic carbocycles. The monoisotopic (exact) mass is 466 g/mol. The zero-order valence-corrected chi connectivity index (χ0v) is 18.3. The number of ether oxygens (including phenoxy) is 2. The van der Waals surface area contributed by atoms with Crippen molar-refractivity contribution in [3.05, 3.63) is 62.4 Å². The van der Waals surface area contributed by atoms with Crippen molar-refractivity contribution in [2.45, 2.75) is 13.5 Å². The number of rotatable bonds is 5. The molecule has 0 saturated carbocycles. The minimum Gasteiger partial charge on any atom is -0.468 e. The first-order valence-corrected chi connectivity index (χ1v) is 10.3. The van der Waals surface area contributed by atoms with Crippen molar-refractivity contribution in [2.24, 2.45) is 4.99 Å². The highest BCUT2D eigenvalue weighted by molar-refractivity contribution is 7.16. The van der Waals surface area contributed by atoms with Gasteiger partial charge in [-0.1, -0.05) is 34.5 Å². The van der Waals surface area contributed by atoms with E-state index in [1.807, 2.05) is 0 Å². The number of carbonyl (C=O) groups excluding carboxylic acids is 3. The SMILES string of the molecule is CCOC(=O)c1ccc2c(c1)sc(=NC(=O)c1ccc(Cl)cc1Cl)n2CC(=O)OC. The average Bonchev–Trinajstić information content (AvgIpc) is 3.04. The highest BCUT2D eigenvalue weighted by Gasteiger charge is 2.16. The number of aromatic nitrogens is 1. The Balaban J connectivity index is 2.14. The number of amides is 1. The van der Waals surface area contributed by atoms with Gasteiger partial charge in [0.1, 0.15) is 6.54 Å². The number of fused-ring (bicyclic) bond motifs is 1. The van der Waals surface area contributed by atoms with Crippen LogP contribution in [0.5, 0.6) is 0 Å². The molecule has 1 aromatic heterocycles. The summed E-state index contributed by atoms with van der Waals surface area (Å²) in [7, 11) is 1.27. The molecule has 7 nitrogen and oxygen atoms in total. The highest BCUT2D eigenvalue weighted by atomic mass is 35.5. The summed E-state index contributed by atoms with van der Waals surface area (Å²) in [4.78, 5) is 41.0. The molecule has 3 rings (SSSR count). The Morgan fingerprint density at radius 2 is 1.90 bits per heavy atom. The van der Waals surface area contributed by atoms with E-state index in [1.54, 1.807) is 29.7 Å². The van der Waals surface area contributed by atoms with Crippen molar-refractivity contribution >= 4 is 62.6 Å². The van der Waals surface area contributed by atoms with Crippen LogP contribution in [0.15, 0.2) is 41.4 Å². The molecule has 0 radical (unpaired) electrons. The molecule has 1 amide bonds. The predicted octanol–water partition coefficient (Wildman–Crippen LogP) is 4.10. The second kappa shape index (κ2) is 9.42. The number of halogens is 2. The second-order valence-corrected chi connectivity index (χ2v) is 7.84. The Morgan fingerprint density at radius 1 is 1.13 bits per heavy atom. The van der Waals surface area contributed by atoms with Gasteiger partial charge in [0.15, 0.2) is 4.80 Å². The van der Waals surface area contributed by atoms with E-state index in [0.717, 1.165) is 11.3 Å². The van der Waals surface area contributed by atoms with Gasteiger partial charge in [0, 0.05) is 5.02 Å². The predicted molar refractivity (Wildman–Crippen MR) is 114 cm³/mol. The van der Waals surface area contributed by atoms with E-state index in [-0.39, 0.29) is 28.5 Å². The number of methoxy groups -OCH3 is 1. The maximum atomic E-state index is 12.7. The molecule has 0 aliphatic rings. The van der Waals surface area contributed by atoms with Gasteiger partial charge in [0.2, 0.25) is 0 Å². The summed E-state index contributed by atoms with van der Waals surface area (Å²) in [5, 5.41) is 0.562. The smallest absolute Gasteiger partial charge is 0.338 e. The summed E-state index contributed by atoms with van der Waals surface area (Å²) in [5.74, 6) is -1.56. The van der Waals surface area contributed by atoms with Crippen LogP contribution in [0.1, 0.15) is 27.6 Å². The van der Waals surface area contributed by atoms with Gasteiger partial charge in [-0.2, -0.15) is 4.99 Å². The molecule has 0 saturated heterocycles. The van der Waals surface area contributed by atoms with Gasteiger partial charge in [-0.15, -0.1) is 0 Å². The lowest BCUT2D eigenvalue weighted by atomic mass is 10.2. The molecule has 0 unspecified atom stereocenters. The van der Waals surface area contributed by atoms with E-state index in [0.29, 0.717) is 20.8 Å². The zero-order chi connectivity index (χ0) is 21.8. The molecule has 1 heterocycles. The third kappa shape index (κ3) is 4.72. The Labute approximate surface area is 185 Å². The van der Waals surface area contributed by atoms with E-state index >= 15 is 0 Å². The van der Waals surface area contributed by atoms with Crippen LogP contribution in [0.3, 0.4) is 0 Å². The quantitative estimate of drug-likeness (QED) is 0.528. The first kappa shape index (κ1) is 22.0. The van der Waals surface area contributed by atoms with Crippen LogP contribution >= 0.6 is 34.5 Å². The van der Waals surface area contributed by atoms with E-state index in [2.05, 4.69) is 4.99 Å². The van der Waals surface area contributed by atoms with E-state index in [4.69, 9.17) is 32.7 Å². The van der Waals surface area contributed by atoms with Crippen molar-refractivity contribution in [3.8, 4) is 0 Å². The van der Waals surface area contributed by atoms with Gasteiger partial charge in [-0.25, -0.2) is 4.79 Å². The van der Waals surface area contributed by atoms with Crippen molar-refractivity contribution < 1.29 is 23.9 Å². The maximum Gasteiger partial charge on any atom is 0.338 e. The van der Waals surface area contributed by atoms with Gasteiger partial charge in [-0.05, 0) is 43.3 Å². The molecular formula is C20H16Cl2N2O5S. The van der Waals surface area contributed by atoms with Crippen molar-refractivity contribution in [3.63, 3.8) is 0 Å². The number of hydrogen-bond acceptors (Lipinski definition) is 6. The Morgan fingerprint density at radius 3 is 2.57 bits per heavy atom. The molecule has 10 heteroatoms. The standard InChI is InChI=1S/C20H16Cl2N2O5S/c1-3-29-19(27)11-4-7-15-16(8-11)30-20(24(15)10-17(25)28-2)23-18(26)13-6-5-12(21)9-14(13)22/h4-9H,3,10H2,1-2H3. The van der Waals surface area contributed by atoms with E-state index in [1.165, 1.54) is 25.3 Å². The molecule has 156 valence electrons. The topological polar surface area (TPSA) is 87.0 Å². The van der Waals surface area contributed by atoms with Gasteiger partial charge in [-0.3, -0.25) is 9.59 Å². The molecule has 0 fully saturated rings. The van der Waals surface area contributed by atoms with Crippen LogP contribution in [0.2, 0.25) is 10.0 Å². The molecule has 3 aromatic rings. The third-order valence-corrected chi connectivity index (χ3v) is 5.66. The van der Waals surface area contributed by atoms with Crippen molar-refractivity contribution in [1.29, 1.82) is 0 Å². The lowest BCUT2D eigenvalue weighted by molar-refractivity contribution is -0.141. The molecule has 30 heavy (non-hydrogen) atoms. The fourth-order valence-electron chi connectivity index (χ4n) is 2.66. The third-order valence-electron chi connectivity index (χ3n) is 4.07. The van der Waals surface area contributed by atoms with Gasteiger partial charge < -0.3 is 14.0 Å². The number of esters is 2. The molecule has 0 N–H and O–H groups in total. The molecule has 2 aromatic carbocycles. The lowest BCUT2D eigenvalue weighted by Gasteiger charge is -2.05. The molecular weight excluding hydrogens is 451 g/mol. The Kier molecular flexibility index (Phi) is 6.91. The van der Waals surface area contributed by atoms with Crippen LogP contribution in [-0.2, 0) is 20.8 Å². The Bertz CT molecular complexity index is 1220. The lowest BCUT2D eigenvalue weighted by Crippen LogP contribution is -2.22. The maximum absolute atomic E-state index is 12.7. The highest BCUT2D eigenvalue weighted by Crippen LogP contribution is 2.23. The van der Waals surface area contributed by atoms with Crippen LogP contribution in [0.4, 0.5) is 0 Å². The minimum atomic E-state index is -0.590. The number of thiazole rings is 1. The van der Waals surface area contributed by atoms with Crippen LogP contribution in [0, 0.1) is 0 Å². The van der Waals surface area contributed by atoms with E-state index < -0.39 is 17.8 Å². The van der Waals surface area contributed by atoms with Crippen LogP contribution < -0.4 is 4.80 Å². The minimum absolute atomic E-state index is 0.157. The summed E-state index contributed by atoms with van der Waals surface area (Å²) in [6, 6.07) is 9.35. The van der Waals surface area contributed by atoms with Gasteiger partial charge in [0.25, 0.3) is 5.91 Å².